The Bertz CT molecular complexity index is 555. The lowest BCUT2D eigenvalue weighted by atomic mass is 9.76. The van der Waals surface area contributed by atoms with Crippen LogP contribution in [0, 0.1) is 17.1 Å². The van der Waals surface area contributed by atoms with Crippen molar-refractivity contribution in [1.29, 1.82) is 5.26 Å². The summed E-state index contributed by atoms with van der Waals surface area (Å²) in [6.45, 7) is 1.10. The SMILES string of the molecule is CN1C2COCC1CC(O)(c1cccc(C#N)c1F)C2. The third-order valence-electron chi connectivity index (χ3n) is 4.54. The fourth-order valence-electron chi connectivity index (χ4n) is 3.34. The lowest BCUT2D eigenvalue weighted by Crippen LogP contribution is -2.59. The number of nitriles is 1. The quantitative estimate of drug-likeness (QED) is 0.842. The largest absolute Gasteiger partial charge is 0.385 e. The van der Waals surface area contributed by atoms with Gasteiger partial charge in [-0.2, -0.15) is 5.26 Å². The molecule has 2 aliphatic heterocycles. The number of hydrogen-bond acceptors (Lipinski definition) is 4. The molecule has 2 atom stereocenters. The van der Waals surface area contributed by atoms with Gasteiger partial charge in [-0.15, -0.1) is 0 Å². The van der Waals surface area contributed by atoms with E-state index < -0.39 is 11.4 Å². The van der Waals surface area contributed by atoms with Crippen LogP contribution in [-0.2, 0) is 10.3 Å². The Morgan fingerprint density at radius 3 is 2.65 bits per heavy atom. The van der Waals surface area contributed by atoms with Crippen molar-refractivity contribution < 1.29 is 14.2 Å². The Morgan fingerprint density at radius 1 is 1.40 bits per heavy atom. The van der Waals surface area contributed by atoms with Crippen molar-refractivity contribution in [2.45, 2.75) is 30.5 Å². The summed E-state index contributed by atoms with van der Waals surface area (Å²) in [5.74, 6) is -0.596. The number of likely N-dealkylation sites (N-methyl/N-ethyl adjacent to an activating group) is 1. The maximum Gasteiger partial charge on any atom is 0.147 e. The topological polar surface area (TPSA) is 56.5 Å². The van der Waals surface area contributed by atoms with E-state index in [-0.39, 0.29) is 23.2 Å². The van der Waals surface area contributed by atoms with E-state index in [1.54, 1.807) is 12.1 Å². The molecule has 2 unspecified atom stereocenters. The van der Waals surface area contributed by atoms with Gasteiger partial charge in [-0.25, -0.2) is 4.39 Å². The zero-order valence-corrected chi connectivity index (χ0v) is 11.3. The van der Waals surface area contributed by atoms with Gasteiger partial charge in [0.1, 0.15) is 11.9 Å². The van der Waals surface area contributed by atoms with Crippen molar-refractivity contribution in [3.05, 3.63) is 35.1 Å². The van der Waals surface area contributed by atoms with Gasteiger partial charge in [0, 0.05) is 17.6 Å². The van der Waals surface area contributed by atoms with Crippen LogP contribution < -0.4 is 0 Å². The highest BCUT2D eigenvalue weighted by atomic mass is 19.1. The molecule has 2 fully saturated rings. The van der Waals surface area contributed by atoms with Crippen molar-refractivity contribution in [3.63, 3.8) is 0 Å². The number of rotatable bonds is 1. The molecule has 1 N–H and O–H groups in total. The van der Waals surface area contributed by atoms with Crippen LogP contribution in [0.25, 0.3) is 0 Å². The summed E-state index contributed by atoms with van der Waals surface area (Å²) in [5.41, 5.74) is -0.999. The summed E-state index contributed by atoms with van der Waals surface area (Å²) in [6.07, 6.45) is 0.845. The number of nitrogens with zero attached hydrogens (tertiary/aromatic N) is 2. The molecule has 0 amide bonds. The monoisotopic (exact) mass is 276 g/mol. The minimum atomic E-state index is -1.22. The summed E-state index contributed by atoms with van der Waals surface area (Å²) in [4.78, 5) is 2.20. The fraction of sp³-hybridized carbons (Fsp3) is 0.533. The summed E-state index contributed by atoms with van der Waals surface area (Å²) in [6, 6.07) is 6.63. The number of benzene rings is 1. The zero-order valence-electron chi connectivity index (χ0n) is 11.3. The van der Waals surface area contributed by atoms with Gasteiger partial charge in [-0.1, -0.05) is 12.1 Å². The van der Waals surface area contributed by atoms with E-state index in [1.807, 2.05) is 13.1 Å². The molecular weight excluding hydrogens is 259 g/mol. The molecule has 2 heterocycles. The van der Waals surface area contributed by atoms with Crippen LogP contribution in [0.1, 0.15) is 24.0 Å². The first-order valence-corrected chi connectivity index (χ1v) is 6.76. The molecule has 0 radical (unpaired) electrons. The standard InChI is InChI=1S/C15H17FN2O2/c1-18-11-5-15(19,6-12(18)9-20-8-11)13-4-2-3-10(7-17)14(13)16/h2-4,11-12,19H,5-6,8-9H2,1H3. The maximum absolute atomic E-state index is 14.3. The Balaban J connectivity index is 2.00. The van der Waals surface area contributed by atoms with E-state index in [4.69, 9.17) is 10.00 Å². The van der Waals surface area contributed by atoms with E-state index >= 15 is 0 Å². The Kier molecular flexibility index (Phi) is 3.25. The van der Waals surface area contributed by atoms with Crippen LogP contribution in [0.2, 0.25) is 0 Å². The predicted molar refractivity (Wildman–Crippen MR) is 70.4 cm³/mol. The minimum absolute atomic E-state index is 0.0173. The third kappa shape index (κ3) is 2.01. The van der Waals surface area contributed by atoms with Crippen LogP contribution >= 0.6 is 0 Å². The van der Waals surface area contributed by atoms with Crippen molar-refractivity contribution in [1.82, 2.24) is 4.90 Å². The van der Waals surface area contributed by atoms with Crippen LogP contribution in [0.3, 0.4) is 0 Å². The number of ether oxygens (including phenoxy) is 1. The molecule has 106 valence electrons. The van der Waals surface area contributed by atoms with Crippen LogP contribution in [0.4, 0.5) is 4.39 Å². The van der Waals surface area contributed by atoms with Crippen molar-refractivity contribution in [3.8, 4) is 6.07 Å². The first-order chi connectivity index (χ1) is 9.55. The van der Waals surface area contributed by atoms with Crippen LogP contribution in [-0.4, -0.2) is 42.4 Å². The second kappa shape index (κ2) is 4.81. The van der Waals surface area contributed by atoms with Crippen LogP contribution in [0.15, 0.2) is 18.2 Å². The normalized spacial score (nSPS) is 33.7. The van der Waals surface area contributed by atoms with Crippen LogP contribution in [0.5, 0.6) is 0 Å². The molecule has 20 heavy (non-hydrogen) atoms. The molecule has 2 saturated heterocycles. The number of halogens is 1. The maximum atomic E-state index is 14.3. The molecule has 4 nitrogen and oxygen atoms in total. The van der Waals surface area contributed by atoms with Crippen molar-refractivity contribution in [2.24, 2.45) is 0 Å². The molecule has 0 aliphatic carbocycles. The Morgan fingerprint density at radius 2 is 2.05 bits per heavy atom. The molecule has 3 rings (SSSR count). The number of fused-ring (bicyclic) bond motifs is 2. The first kappa shape index (κ1) is 13.5. The van der Waals surface area contributed by atoms with Gasteiger partial charge in [0.25, 0.3) is 0 Å². The summed E-state index contributed by atoms with van der Waals surface area (Å²) in [7, 11) is 2.01. The minimum Gasteiger partial charge on any atom is -0.385 e. The third-order valence-corrected chi connectivity index (χ3v) is 4.54. The average molecular weight is 276 g/mol. The zero-order chi connectivity index (χ0) is 14.3. The molecule has 0 aromatic heterocycles. The molecule has 1 aromatic rings. The second-order valence-electron chi connectivity index (χ2n) is 5.73. The molecule has 2 aliphatic rings. The highest BCUT2D eigenvalue weighted by molar-refractivity contribution is 5.38. The van der Waals surface area contributed by atoms with Gasteiger partial charge < -0.3 is 9.84 Å². The Labute approximate surface area is 117 Å². The predicted octanol–water partition coefficient (Wildman–Crippen LogP) is 1.38. The highest BCUT2D eigenvalue weighted by Crippen LogP contribution is 2.41. The number of hydrogen-bond donors (Lipinski definition) is 1. The van der Waals surface area contributed by atoms with Gasteiger partial charge in [0.05, 0.1) is 24.4 Å². The summed E-state index contributed by atoms with van der Waals surface area (Å²) in [5, 5.41) is 19.9. The molecule has 1 aromatic carbocycles. The number of aliphatic hydroxyl groups is 1. The van der Waals surface area contributed by atoms with Gasteiger partial charge in [-0.05, 0) is 26.0 Å². The Hall–Kier alpha value is -1.48. The lowest BCUT2D eigenvalue weighted by molar-refractivity contribution is -0.138. The van der Waals surface area contributed by atoms with Gasteiger partial charge in [-0.3, -0.25) is 4.90 Å². The summed E-state index contributed by atoms with van der Waals surface area (Å²) >= 11 is 0. The fourth-order valence-corrected chi connectivity index (χ4v) is 3.34. The smallest absolute Gasteiger partial charge is 0.147 e. The molecule has 2 bridgehead atoms. The second-order valence-corrected chi connectivity index (χ2v) is 5.73. The molecule has 0 spiro atoms. The van der Waals surface area contributed by atoms with E-state index in [0.717, 1.165) is 0 Å². The van der Waals surface area contributed by atoms with E-state index in [0.29, 0.717) is 26.1 Å². The highest BCUT2D eigenvalue weighted by Gasteiger charge is 2.46. The molecular formula is C15H17FN2O2. The molecule has 0 saturated carbocycles. The van der Waals surface area contributed by atoms with Crippen molar-refractivity contribution >= 4 is 0 Å². The lowest BCUT2D eigenvalue weighted by Gasteiger charge is -2.50. The van der Waals surface area contributed by atoms with E-state index in [1.165, 1.54) is 6.07 Å². The van der Waals surface area contributed by atoms with Crippen molar-refractivity contribution in [2.75, 3.05) is 20.3 Å². The van der Waals surface area contributed by atoms with Gasteiger partial charge in [0.15, 0.2) is 0 Å². The first-order valence-electron chi connectivity index (χ1n) is 6.76. The summed E-state index contributed by atoms with van der Waals surface area (Å²) < 4.78 is 19.9. The van der Waals surface area contributed by atoms with E-state index in [2.05, 4.69) is 4.90 Å². The molecule has 5 heteroatoms. The average Bonchev–Trinajstić information content (AvgIpc) is 2.41. The van der Waals surface area contributed by atoms with Gasteiger partial charge >= 0.3 is 0 Å². The number of morpholine rings is 1. The van der Waals surface area contributed by atoms with Gasteiger partial charge in [0.2, 0.25) is 0 Å². The van der Waals surface area contributed by atoms with E-state index in [9.17, 15) is 9.50 Å². The number of piperidine rings is 1.